The van der Waals surface area contributed by atoms with Crippen LogP contribution in [0, 0.1) is 0 Å². The number of methoxy groups -OCH3 is 4. The number of nitrogens with zero attached hydrogens (tertiary/aromatic N) is 6. The van der Waals surface area contributed by atoms with Gasteiger partial charge in [-0.3, -0.25) is 14.6 Å². The number of hydrogen-bond donors (Lipinski definition) is 1. The minimum absolute atomic E-state index is 0.0422. The molecule has 1 N–H and O–H groups in total. The van der Waals surface area contributed by atoms with E-state index in [1.165, 1.54) is 42.7 Å². The van der Waals surface area contributed by atoms with E-state index in [4.69, 9.17) is 18.9 Å². The number of hydrogen-bond acceptors (Lipinski definition) is 11. The highest BCUT2D eigenvalue weighted by atomic mass is 32.2. The molecule has 1 amide bonds. The second-order valence-corrected chi connectivity index (χ2v) is 17.3. The number of aromatic nitrogens is 4. The SMILES string of the molecule is COc1ccc(CN(Cc2ccc(OC)cc2)S(=O)(=O)c2ccn(CC(=O)N(C)C)n2)cc1.COc1ccc(CN(Cc2ccc(OC)cc2)S(=O)(=O)c2ccn[nH]2)cc1. The van der Waals surface area contributed by atoms with Gasteiger partial charge in [0, 0.05) is 46.5 Å². The summed E-state index contributed by atoms with van der Waals surface area (Å²) in [6.07, 6.45) is 2.92. The van der Waals surface area contributed by atoms with Crippen LogP contribution in [0.1, 0.15) is 22.3 Å². The maximum atomic E-state index is 13.5. The van der Waals surface area contributed by atoms with Gasteiger partial charge in [0.05, 0.1) is 34.6 Å². The Morgan fingerprint density at radius 1 is 0.567 bits per heavy atom. The topological polar surface area (TPSA) is 178 Å². The molecule has 2 aromatic heterocycles. The predicted molar refractivity (Wildman–Crippen MR) is 224 cm³/mol. The zero-order valence-corrected chi connectivity index (χ0v) is 35.9. The first kappa shape index (κ1) is 44.9. The number of H-pyrrole nitrogens is 1. The summed E-state index contributed by atoms with van der Waals surface area (Å²) >= 11 is 0. The zero-order chi connectivity index (χ0) is 43.3. The van der Waals surface area contributed by atoms with Gasteiger partial charge in [0.25, 0.3) is 20.0 Å². The smallest absolute Gasteiger partial charge is 0.262 e. The van der Waals surface area contributed by atoms with Crippen LogP contribution in [0.5, 0.6) is 23.0 Å². The van der Waals surface area contributed by atoms with E-state index >= 15 is 0 Å². The van der Waals surface area contributed by atoms with Crippen LogP contribution in [0.3, 0.4) is 0 Å². The van der Waals surface area contributed by atoms with Crippen molar-refractivity contribution in [2.75, 3.05) is 42.5 Å². The number of aromatic amines is 1. The zero-order valence-electron chi connectivity index (χ0n) is 34.3. The molecule has 60 heavy (non-hydrogen) atoms. The van der Waals surface area contributed by atoms with E-state index in [2.05, 4.69) is 15.3 Å². The van der Waals surface area contributed by atoms with Gasteiger partial charge >= 0.3 is 0 Å². The molecule has 2 heterocycles. The number of nitrogens with one attached hydrogen (secondary N) is 1. The summed E-state index contributed by atoms with van der Waals surface area (Å²) in [6.45, 7) is 0.678. The lowest BCUT2D eigenvalue weighted by Crippen LogP contribution is -2.31. The largest absolute Gasteiger partial charge is 0.497 e. The molecule has 0 aliphatic heterocycles. The molecule has 0 saturated carbocycles. The summed E-state index contributed by atoms with van der Waals surface area (Å²) in [6, 6.07) is 31.9. The minimum Gasteiger partial charge on any atom is -0.497 e. The van der Waals surface area contributed by atoms with Crippen LogP contribution in [0.2, 0.25) is 0 Å². The van der Waals surface area contributed by atoms with Crippen molar-refractivity contribution in [2.24, 2.45) is 0 Å². The van der Waals surface area contributed by atoms with E-state index in [0.29, 0.717) is 11.5 Å². The first-order valence-electron chi connectivity index (χ1n) is 18.5. The predicted octanol–water partition coefficient (Wildman–Crippen LogP) is 5.20. The fourth-order valence-electron chi connectivity index (χ4n) is 5.70. The van der Waals surface area contributed by atoms with Gasteiger partial charge in [-0.05, 0) is 82.9 Å². The van der Waals surface area contributed by atoms with Gasteiger partial charge in [-0.2, -0.15) is 18.8 Å². The summed E-state index contributed by atoms with van der Waals surface area (Å²) in [5, 5.41) is 10.4. The quantitative estimate of drug-likeness (QED) is 0.120. The third-order valence-electron chi connectivity index (χ3n) is 9.18. The molecule has 16 nitrogen and oxygen atoms in total. The lowest BCUT2D eigenvalue weighted by Gasteiger charge is -2.22. The Kier molecular flexibility index (Phi) is 15.5. The van der Waals surface area contributed by atoms with E-state index in [-0.39, 0.29) is 48.7 Å². The first-order valence-corrected chi connectivity index (χ1v) is 21.4. The van der Waals surface area contributed by atoms with Crippen LogP contribution >= 0.6 is 0 Å². The van der Waals surface area contributed by atoms with E-state index in [1.54, 1.807) is 66.8 Å². The maximum absolute atomic E-state index is 13.5. The summed E-state index contributed by atoms with van der Waals surface area (Å²) in [4.78, 5) is 13.4. The highest BCUT2D eigenvalue weighted by Gasteiger charge is 2.29. The third kappa shape index (κ3) is 11.9. The molecule has 18 heteroatoms. The van der Waals surface area contributed by atoms with Gasteiger partial charge in [0.1, 0.15) is 29.5 Å². The molecule has 0 fully saturated rings. The molecular weight excluding hydrogens is 811 g/mol. The number of carbonyl (C=O) groups is 1. The average Bonchev–Trinajstić information content (AvgIpc) is 3.99. The van der Waals surface area contributed by atoms with Crippen LogP contribution < -0.4 is 18.9 Å². The molecule has 0 radical (unpaired) electrons. The van der Waals surface area contributed by atoms with Crippen molar-refractivity contribution in [2.45, 2.75) is 42.8 Å². The van der Waals surface area contributed by atoms with Crippen LogP contribution in [-0.4, -0.2) is 98.8 Å². The number of sulfonamides is 2. The molecular formula is C42H49N7O9S2. The number of likely N-dealkylation sites (N-methyl/N-ethyl adjacent to an activating group) is 1. The minimum atomic E-state index is -3.95. The number of carbonyl (C=O) groups excluding carboxylic acids is 1. The van der Waals surface area contributed by atoms with Crippen LogP contribution in [0.4, 0.5) is 0 Å². The van der Waals surface area contributed by atoms with Gasteiger partial charge in [0.15, 0.2) is 10.1 Å². The molecule has 0 aliphatic rings. The maximum Gasteiger partial charge on any atom is 0.262 e. The van der Waals surface area contributed by atoms with E-state index in [0.717, 1.165) is 33.8 Å². The highest BCUT2D eigenvalue weighted by Crippen LogP contribution is 2.24. The van der Waals surface area contributed by atoms with Gasteiger partial charge in [-0.25, -0.2) is 16.8 Å². The summed E-state index contributed by atoms with van der Waals surface area (Å²) < 4.78 is 78.0. The summed E-state index contributed by atoms with van der Waals surface area (Å²) in [5.41, 5.74) is 3.31. The third-order valence-corrected chi connectivity index (χ3v) is 12.6. The molecule has 6 rings (SSSR count). The van der Waals surface area contributed by atoms with Crippen molar-refractivity contribution in [3.63, 3.8) is 0 Å². The standard InChI is InChI=1S/C23H28N4O5S.C19H21N3O4S/c1-25(2)23(28)17-26-14-13-22(24-26)33(29,30)27(15-18-5-9-20(31-3)10-6-18)16-19-7-11-21(32-4)12-8-19;1-25-17-7-3-15(4-8-17)13-22(27(23,24)19-11-12-20-21-19)14-16-5-9-18(26-2)10-6-16/h5-14H,15-17H2,1-4H3;3-12H,13-14H2,1-2H3,(H,20,21). The fraction of sp³-hybridized carbons (Fsp3) is 0.262. The molecule has 318 valence electrons. The Morgan fingerprint density at radius 2 is 0.933 bits per heavy atom. The van der Waals surface area contributed by atoms with Crippen LogP contribution in [-0.2, 0) is 57.6 Å². The Balaban J connectivity index is 0.000000232. The Bertz CT molecular complexity index is 2380. The number of rotatable bonds is 18. The molecule has 0 atom stereocenters. The summed E-state index contributed by atoms with van der Waals surface area (Å²) in [7, 11) is 1.92. The van der Waals surface area contributed by atoms with Crippen LogP contribution in [0.25, 0.3) is 0 Å². The molecule has 0 saturated heterocycles. The van der Waals surface area contributed by atoms with E-state index in [9.17, 15) is 21.6 Å². The van der Waals surface area contributed by atoms with Crippen molar-refractivity contribution in [3.8, 4) is 23.0 Å². The lowest BCUT2D eigenvalue weighted by atomic mass is 10.2. The van der Waals surface area contributed by atoms with E-state index in [1.807, 2.05) is 72.8 Å². The molecule has 0 unspecified atom stereocenters. The normalized spacial score (nSPS) is 11.5. The van der Waals surface area contributed by atoms with Gasteiger partial charge in [-0.1, -0.05) is 48.5 Å². The molecule has 0 bridgehead atoms. The second-order valence-electron chi connectivity index (χ2n) is 13.5. The Labute approximate surface area is 351 Å². The molecule has 6 aromatic rings. The molecule has 4 aromatic carbocycles. The average molecular weight is 860 g/mol. The molecule has 0 spiro atoms. The summed E-state index contributed by atoms with van der Waals surface area (Å²) in [5.74, 6) is 2.63. The number of ether oxygens (including phenoxy) is 4. The van der Waals surface area contributed by atoms with Gasteiger partial charge in [0.2, 0.25) is 5.91 Å². The highest BCUT2D eigenvalue weighted by molar-refractivity contribution is 7.89. The Morgan fingerprint density at radius 3 is 1.25 bits per heavy atom. The van der Waals surface area contributed by atoms with Crippen molar-refractivity contribution in [1.29, 1.82) is 0 Å². The van der Waals surface area contributed by atoms with Crippen molar-refractivity contribution in [1.82, 2.24) is 33.5 Å². The van der Waals surface area contributed by atoms with E-state index < -0.39 is 20.0 Å². The van der Waals surface area contributed by atoms with Gasteiger partial charge in [-0.15, -0.1) is 0 Å². The Hall–Kier alpha value is -6.21. The van der Waals surface area contributed by atoms with Gasteiger partial charge < -0.3 is 23.8 Å². The van der Waals surface area contributed by atoms with Crippen LogP contribution in [0.15, 0.2) is 132 Å². The monoisotopic (exact) mass is 859 g/mol. The molecule has 0 aliphatic carbocycles. The van der Waals surface area contributed by atoms with Crippen molar-refractivity contribution >= 4 is 26.0 Å². The fourth-order valence-corrected chi connectivity index (χ4v) is 8.36. The lowest BCUT2D eigenvalue weighted by molar-refractivity contribution is -0.129. The number of amides is 1. The van der Waals surface area contributed by atoms with Crippen molar-refractivity contribution in [3.05, 3.63) is 144 Å². The first-order chi connectivity index (χ1) is 28.7. The second kappa shape index (κ2) is 20.7. The number of benzene rings is 4. The van der Waals surface area contributed by atoms with Crippen molar-refractivity contribution < 1.29 is 40.6 Å².